The Morgan fingerprint density at radius 2 is 1.12 bits per heavy atom. The number of aryl methyl sites for hydroxylation is 2. The molecule has 2 aliphatic carbocycles. The van der Waals surface area contributed by atoms with Crippen molar-refractivity contribution in [1.29, 1.82) is 0 Å². The summed E-state index contributed by atoms with van der Waals surface area (Å²) in [4.78, 5) is 30.3. The van der Waals surface area contributed by atoms with Crippen molar-refractivity contribution in [2.75, 3.05) is 38.0 Å². The number of ether oxygens (including phenoxy) is 1. The summed E-state index contributed by atoms with van der Waals surface area (Å²) in [5.74, 6) is 5.01. The highest BCUT2D eigenvalue weighted by atomic mass is 16.5. The molecule has 402 valence electrons. The lowest BCUT2D eigenvalue weighted by Crippen LogP contribution is -2.36. The summed E-state index contributed by atoms with van der Waals surface area (Å²) < 4.78 is 6.46. The summed E-state index contributed by atoms with van der Waals surface area (Å²) in [6.45, 7) is 23.4. The quantitative estimate of drug-likeness (QED) is 0.0782. The first-order chi connectivity index (χ1) is 36.1. The number of anilines is 2. The summed E-state index contributed by atoms with van der Waals surface area (Å²) in [5.41, 5.74) is 16.0. The predicted octanol–water partition coefficient (Wildman–Crippen LogP) is 15.2. The number of rotatable bonds is 15. The summed E-state index contributed by atoms with van der Waals surface area (Å²) in [7, 11) is 8.24. The second-order valence-electron chi connectivity index (χ2n) is 25.7. The second kappa shape index (κ2) is 21.9. The van der Waals surface area contributed by atoms with E-state index in [0.29, 0.717) is 11.1 Å². The van der Waals surface area contributed by atoms with Crippen molar-refractivity contribution in [1.82, 2.24) is 0 Å². The third-order valence-electron chi connectivity index (χ3n) is 16.9. The number of aliphatic hydroxyl groups excluding tert-OH is 1. The zero-order valence-electron chi connectivity index (χ0n) is 48.3. The van der Waals surface area contributed by atoms with Crippen molar-refractivity contribution in [2.45, 2.75) is 153 Å². The molecule has 0 saturated heterocycles. The Bertz CT molecular complexity index is 3210. The van der Waals surface area contributed by atoms with Crippen LogP contribution >= 0.6 is 0 Å². The maximum Gasteiger partial charge on any atom is 0.339 e. The minimum Gasteiger partial charge on any atom is -0.478 e. The molecular weight excluding hydrogens is 949 g/mol. The lowest BCUT2D eigenvalue weighted by atomic mass is 9.60. The number of nitrogens with zero attached hydrogens (tertiary/aromatic N) is 2. The molecule has 0 amide bonds. The Hall–Kier alpha value is -6.88. The van der Waals surface area contributed by atoms with Crippen LogP contribution in [-0.2, 0) is 51.1 Å². The minimum absolute atomic E-state index is 0.00706. The van der Waals surface area contributed by atoms with Crippen molar-refractivity contribution >= 4 is 29.4 Å². The SMILES string of the molecule is CN(C)c1ccc(CCc2cc(C(C#Cc3ccc(C(=O)O)cc3)OC(=O)c3ccc(C=CC(O)c4cc(CC(C)(C)c5ccc(N(C)C)cc5)c5c(c4)C(C)(C)CCC5(C)C)cc3)cc3c2C(C)(C)CCC3(C)C)cc1. The van der Waals surface area contributed by atoms with E-state index in [1.54, 1.807) is 24.3 Å². The van der Waals surface area contributed by atoms with E-state index in [9.17, 15) is 19.8 Å². The van der Waals surface area contributed by atoms with Gasteiger partial charge in [0, 0.05) is 50.7 Å². The molecule has 2 atom stereocenters. The van der Waals surface area contributed by atoms with Gasteiger partial charge in [-0.2, -0.15) is 0 Å². The molecule has 0 fully saturated rings. The Morgan fingerprint density at radius 3 is 1.66 bits per heavy atom. The highest BCUT2D eigenvalue weighted by molar-refractivity contribution is 5.90. The van der Waals surface area contributed by atoms with Gasteiger partial charge in [0.1, 0.15) is 0 Å². The molecule has 0 aliphatic heterocycles. The highest BCUT2D eigenvalue weighted by Gasteiger charge is 2.41. The summed E-state index contributed by atoms with van der Waals surface area (Å²) in [5, 5.41) is 21.6. The van der Waals surface area contributed by atoms with E-state index < -0.39 is 24.1 Å². The number of carbonyl (C=O) groups is 2. The lowest BCUT2D eigenvalue weighted by molar-refractivity contribution is 0.0407. The number of esters is 1. The summed E-state index contributed by atoms with van der Waals surface area (Å²) in [6.07, 6.45) is 8.71. The lowest BCUT2D eigenvalue weighted by Gasteiger charge is -2.44. The van der Waals surface area contributed by atoms with E-state index in [1.807, 2.05) is 24.3 Å². The van der Waals surface area contributed by atoms with Crippen LogP contribution in [0.25, 0.3) is 6.08 Å². The number of carboxylic acid groups (broad SMARTS) is 1. The zero-order chi connectivity index (χ0) is 55.8. The van der Waals surface area contributed by atoms with Gasteiger partial charge in [-0.05, 0) is 194 Å². The van der Waals surface area contributed by atoms with Gasteiger partial charge in [-0.3, -0.25) is 0 Å². The Balaban J connectivity index is 1.09. The molecule has 2 N–H and O–H groups in total. The first-order valence-corrected chi connectivity index (χ1v) is 27.6. The topological polar surface area (TPSA) is 90.3 Å². The van der Waals surface area contributed by atoms with Gasteiger partial charge in [-0.15, -0.1) is 0 Å². The van der Waals surface area contributed by atoms with Crippen LogP contribution in [0.15, 0.2) is 127 Å². The molecule has 6 aromatic carbocycles. The molecule has 8 rings (SSSR count). The fourth-order valence-corrected chi connectivity index (χ4v) is 11.8. The smallest absolute Gasteiger partial charge is 0.339 e. The fourth-order valence-electron chi connectivity index (χ4n) is 11.8. The largest absolute Gasteiger partial charge is 0.478 e. The van der Waals surface area contributed by atoms with Crippen molar-refractivity contribution in [3.8, 4) is 11.8 Å². The summed E-state index contributed by atoms with van der Waals surface area (Å²) in [6, 6.07) is 40.3. The molecule has 2 aliphatic rings. The first kappa shape index (κ1) is 56.3. The molecule has 0 aromatic heterocycles. The van der Waals surface area contributed by atoms with Crippen LogP contribution in [0.2, 0.25) is 0 Å². The third kappa shape index (κ3) is 12.6. The number of aromatic carboxylic acids is 1. The van der Waals surface area contributed by atoms with E-state index >= 15 is 0 Å². The Labute approximate surface area is 460 Å². The number of benzene rings is 6. The van der Waals surface area contributed by atoms with Crippen LogP contribution in [0, 0.1) is 11.8 Å². The van der Waals surface area contributed by atoms with Gasteiger partial charge in [0.15, 0.2) is 6.10 Å². The van der Waals surface area contributed by atoms with Gasteiger partial charge >= 0.3 is 11.9 Å². The number of hydrogen-bond acceptors (Lipinski definition) is 6. The third-order valence-corrected chi connectivity index (χ3v) is 16.9. The van der Waals surface area contributed by atoms with Crippen molar-refractivity contribution in [3.63, 3.8) is 0 Å². The molecule has 77 heavy (non-hydrogen) atoms. The Morgan fingerprint density at radius 1 is 0.623 bits per heavy atom. The van der Waals surface area contributed by atoms with Crippen LogP contribution in [0.4, 0.5) is 11.4 Å². The average molecular weight is 1030 g/mol. The van der Waals surface area contributed by atoms with Gasteiger partial charge in [0.05, 0.1) is 17.2 Å². The molecule has 7 nitrogen and oxygen atoms in total. The van der Waals surface area contributed by atoms with Crippen LogP contribution in [-0.4, -0.2) is 50.3 Å². The summed E-state index contributed by atoms with van der Waals surface area (Å²) >= 11 is 0. The van der Waals surface area contributed by atoms with E-state index in [4.69, 9.17) is 4.74 Å². The van der Waals surface area contributed by atoms with Gasteiger partial charge in [0.25, 0.3) is 0 Å². The van der Waals surface area contributed by atoms with Crippen molar-refractivity contribution < 1.29 is 24.5 Å². The van der Waals surface area contributed by atoms with E-state index in [0.717, 1.165) is 67.3 Å². The minimum atomic E-state index is -1.01. The molecule has 6 aromatic rings. The standard InChI is InChI=1S/C70H82N2O5/c1-66(2)38-40-69(7,8)63-54(45-70(9,10)55-29-33-57(34-30-55)72(13)14)42-52(43-58(63)66)60(73)35-22-46-17-26-50(27-18-46)65(76)77-61(36-23-47-15-24-49(25-16-47)64(74)75)53-41-51(28-19-48-20-31-56(32-21-48)71(11)12)62-59(44-53)67(3,4)37-39-68(62,5)6/h15-18,20-22,24-27,29-35,41-44,60-61,73H,19,28,37-40,45H2,1-14H3,(H,74,75). The maximum absolute atomic E-state index is 14.4. The molecule has 2 unspecified atom stereocenters. The average Bonchev–Trinajstić information content (AvgIpc) is 3.44. The molecule has 0 heterocycles. The number of carbonyl (C=O) groups excluding carboxylic acids is 1. The molecule has 0 bridgehead atoms. The van der Waals surface area contributed by atoms with Crippen LogP contribution in [0.1, 0.15) is 195 Å². The molecule has 0 saturated carbocycles. The number of fused-ring (bicyclic) bond motifs is 2. The normalized spacial score (nSPS) is 16.8. The van der Waals surface area contributed by atoms with Gasteiger partial charge in [-0.1, -0.05) is 148 Å². The second-order valence-corrected chi connectivity index (χ2v) is 25.7. The van der Waals surface area contributed by atoms with E-state index in [1.165, 1.54) is 62.3 Å². The van der Waals surface area contributed by atoms with Gasteiger partial charge < -0.3 is 24.7 Å². The van der Waals surface area contributed by atoms with Crippen molar-refractivity contribution in [3.05, 3.63) is 205 Å². The maximum atomic E-state index is 14.4. The fraction of sp³-hybridized carbons (Fsp3) is 0.400. The monoisotopic (exact) mass is 1030 g/mol. The van der Waals surface area contributed by atoms with Crippen molar-refractivity contribution in [2.24, 2.45) is 0 Å². The zero-order valence-corrected chi connectivity index (χ0v) is 48.3. The molecule has 7 heteroatoms. The Kier molecular flexibility index (Phi) is 16.0. The molecule has 0 spiro atoms. The molecular formula is C70H82N2O5. The van der Waals surface area contributed by atoms with E-state index in [-0.39, 0.29) is 32.6 Å². The first-order valence-electron chi connectivity index (χ1n) is 27.6. The van der Waals surface area contributed by atoms with Gasteiger partial charge in [0.2, 0.25) is 0 Å². The van der Waals surface area contributed by atoms with Gasteiger partial charge in [-0.25, -0.2) is 9.59 Å². The molecule has 0 radical (unpaired) electrons. The van der Waals surface area contributed by atoms with E-state index in [2.05, 4.69) is 192 Å². The van der Waals surface area contributed by atoms with Crippen LogP contribution < -0.4 is 9.80 Å². The van der Waals surface area contributed by atoms with Crippen LogP contribution in [0.3, 0.4) is 0 Å². The highest BCUT2D eigenvalue weighted by Crippen LogP contribution is 2.51. The number of aliphatic hydroxyl groups is 1. The number of carboxylic acids is 1. The van der Waals surface area contributed by atoms with Crippen LogP contribution in [0.5, 0.6) is 0 Å². The number of hydrogen-bond donors (Lipinski definition) is 2. The predicted molar refractivity (Wildman–Crippen MR) is 318 cm³/mol.